The molecule has 0 saturated carbocycles. The molecule has 7 nitrogen and oxygen atoms in total. The van der Waals surface area contributed by atoms with E-state index >= 15 is 0 Å². The summed E-state index contributed by atoms with van der Waals surface area (Å²) in [7, 11) is 0. The van der Waals surface area contributed by atoms with E-state index in [0.717, 1.165) is 16.7 Å². The number of nitriles is 1. The van der Waals surface area contributed by atoms with Crippen LogP contribution in [0.1, 0.15) is 71.8 Å². The van der Waals surface area contributed by atoms with Crippen LogP contribution < -0.4 is 24.7 Å². The monoisotopic (exact) mass is 588 g/mol. The second-order valence-corrected chi connectivity index (χ2v) is 11.8. The minimum absolute atomic E-state index is 0.0103. The summed E-state index contributed by atoms with van der Waals surface area (Å²) in [6, 6.07) is 28.5. The van der Waals surface area contributed by atoms with Crippen molar-refractivity contribution in [3.05, 3.63) is 130 Å². The fourth-order valence-corrected chi connectivity index (χ4v) is 5.05. The minimum Gasteiger partial charge on any atom is -0.490 e. The third kappa shape index (κ3) is 6.55. The fourth-order valence-electron chi connectivity index (χ4n) is 5.05. The zero-order valence-electron chi connectivity index (χ0n) is 25.6. The van der Waals surface area contributed by atoms with Crippen LogP contribution in [0.3, 0.4) is 0 Å². The Morgan fingerprint density at radius 1 is 0.932 bits per heavy atom. The average Bonchev–Trinajstić information content (AvgIpc) is 3.00. The van der Waals surface area contributed by atoms with Gasteiger partial charge in [-0.15, -0.1) is 0 Å². The Hall–Kier alpha value is -5.22. The van der Waals surface area contributed by atoms with Crippen molar-refractivity contribution >= 4 is 5.97 Å². The van der Waals surface area contributed by atoms with Crippen molar-refractivity contribution < 1.29 is 23.7 Å². The lowest BCUT2D eigenvalue weighted by Crippen LogP contribution is -2.21. The Balaban J connectivity index is 1.41. The van der Waals surface area contributed by atoms with Crippen LogP contribution in [0.2, 0.25) is 0 Å². The number of nitrogens with two attached hydrogens (primary N) is 1. The van der Waals surface area contributed by atoms with Crippen LogP contribution in [0.5, 0.6) is 23.0 Å². The molecule has 0 aromatic heterocycles. The molecule has 1 heterocycles. The van der Waals surface area contributed by atoms with Gasteiger partial charge in [0.25, 0.3) is 0 Å². The highest BCUT2D eigenvalue weighted by atomic mass is 16.5. The number of esters is 1. The average molecular weight is 589 g/mol. The van der Waals surface area contributed by atoms with E-state index in [4.69, 9.17) is 24.7 Å². The maximum absolute atomic E-state index is 12.9. The summed E-state index contributed by atoms with van der Waals surface area (Å²) in [5.74, 6) is 0.836. The van der Waals surface area contributed by atoms with E-state index in [-0.39, 0.29) is 16.9 Å². The summed E-state index contributed by atoms with van der Waals surface area (Å²) < 4.78 is 23.6. The molecule has 1 atom stereocenters. The molecule has 5 rings (SSSR count). The molecule has 0 saturated heterocycles. The first kappa shape index (κ1) is 30.2. The first-order chi connectivity index (χ1) is 21.1. The van der Waals surface area contributed by atoms with Crippen molar-refractivity contribution in [1.82, 2.24) is 0 Å². The van der Waals surface area contributed by atoms with Gasteiger partial charge in [0.05, 0.1) is 18.1 Å². The maximum atomic E-state index is 12.9. The molecular formula is C37H36N2O5. The van der Waals surface area contributed by atoms with Gasteiger partial charge in [0.1, 0.15) is 29.7 Å². The highest BCUT2D eigenvalue weighted by Gasteiger charge is 2.32. The molecule has 224 valence electrons. The number of rotatable bonds is 8. The van der Waals surface area contributed by atoms with E-state index in [0.29, 0.717) is 47.3 Å². The summed E-state index contributed by atoms with van der Waals surface area (Å²) in [5.41, 5.74) is 11.8. The van der Waals surface area contributed by atoms with E-state index in [1.807, 2.05) is 68.4 Å². The lowest BCUT2D eigenvalue weighted by molar-refractivity contribution is 0.0734. The van der Waals surface area contributed by atoms with Crippen molar-refractivity contribution in [2.45, 2.75) is 52.6 Å². The van der Waals surface area contributed by atoms with Crippen molar-refractivity contribution in [2.75, 3.05) is 6.61 Å². The standard InChI is InChI=1S/C37H36N2O5/c1-6-41-33-19-26(13-18-31(33)42-22-24-9-7-23(2)8-10-24)34-29-17-16-28(20-32(29)44-35(39)30(34)21-38)43-36(40)25-11-14-27(15-12-25)37(3,4)5/h7-20,34H,6,22,39H2,1-5H3. The largest absolute Gasteiger partial charge is 0.490 e. The number of fused-ring (bicyclic) bond motifs is 1. The van der Waals surface area contributed by atoms with E-state index in [1.54, 1.807) is 30.3 Å². The van der Waals surface area contributed by atoms with Crippen molar-refractivity contribution in [3.8, 4) is 29.1 Å². The van der Waals surface area contributed by atoms with Crippen LogP contribution in [0.25, 0.3) is 0 Å². The van der Waals surface area contributed by atoms with Gasteiger partial charge in [-0.2, -0.15) is 5.26 Å². The first-order valence-corrected chi connectivity index (χ1v) is 14.6. The topological polar surface area (TPSA) is 104 Å². The maximum Gasteiger partial charge on any atom is 0.343 e. The number of nitrogens with zero attached hydrogens (tertiary/aromatic N) is 1. The molecule has 0 amide bonds. The van der Waals surface area contributed by atoms with Crippen LogP contribution in [0.4, 0.5) is 0 Å². The van der Waals surface area contributed by atoms with Gasteiger partial charge < -0.3 is 24.7 Å². The van der Waals surface area contributed by atoms with Gasteiger partial charge in [-0.1, -0.05) is 74.9 Å². The molecule has 0 aliphatic carbocycles. The molecule has 1 aliphatic heterocycles. The van der Waals surface area contributed by atoms with Crippen molar-refractivity contribution in [2.24, 2.45) is 5.73 Å². The number of aryl methyl sites for hydroxylation is 1. The molecule has 0 radical (unpaired) electrons. The zero-order chi connectivity index (χ0) is 31.4. The van der Waals surface area contributed by atoms with Gasteiger partial charge in [0, 0.05) is 11.6 Å². The van der Waals surface area contributed by atoms with Gasteiger partial charge >= 0.3 is 5.97 Å². The smallest absolute Gasteiger partial charge is 0.343 e. The normalized spacial score (nSPS) is 14.2. The Labute approximate surface area is 258 Å². The molecule has 4 aromatic carbocycles. The molecular weight excluding hydrogens is 552 g/mol. The molecule has 2 N–H and O–H groups in total. The summed E-state index contributed by atoms with van der Waals surface area (Å²) in [6.45, 7) is 11.1. The van der Waals surface area contributed by atoms with Crippen LogP contribution in [0, 0.1) is 18.3 Å². The number of hydrogen-bond donors (Lipinski definition) is 1. The number of ether oxygens (including phenoxy) is 4. The summed E-state index contributed by atoms with van der Waals surface area (Å²) in [4.78, 5) is 12.9. The van der Waals surface area contributed by atoms with E-state index in [2.05, 4.69) is 26.8 Å². The second-order valence-electron chi connectivity index (χ2n) is 11.8. The lowest BCUT2D eigenvalue weighted by atomic mass is 9.83. The van der Waals surface area contributed by atoms with E-state index in [1.165, 1.54) is 5.56 Å². The van der Waals surface area contributed by atoms with E-state index < -0.39 is 11.9 Å². The third-order valence-corrected chi connectivity index (χ3v) is 7.50. The number of benzene rings is 4. The highest BCUT2D eigenvalue weighted by Crippen LogP contribution is 2.45. The minimum atomic E-state index is -0.524. The summed E-state index contributed by atoms with van der Waals surface area (Å²) >= 11 is 0. The summed E-state index contributed by atoms with van der Waals surface area (Å²) in [6.07, 6.45) is 0. The number of carbonyl (C=O) groups excluding carboxylic acids is 1. The molecule has 44 heavy (non-hydrogen) atoms. The molecule has 1 aliphatic rings. The van der Waals surface area contributed by atoms with Gasteiger partial charge in [0.15, 0.2) is 11.5 Å². The zero-order valence-corrected chi connectivity index (χ0v) is 25.6. The molecule has 0 fully saturated rings. The van der Waals surface area contributed by atoms with Crippen LogP contribution >= 0.6 is 0 Å². The number of carbonyl (C=O) groups is 1. The Morgan fingerprint density at radius 2 is 1.66 bits per heavy atom. The Morgan fingerprint density at radius 3 is 2.32 bits per heavy atom. The van der Waals surface area contributed by atoms with Crippen LogP contribution in [0.15, 0.2) is 96.4 Å². The molecule has 4 aromatic rings. The van der Waals surface area contributed by atoms with Crippen LogP contribution in [-0.2, 0) is 12.0 Å². The Kier molecular flexibility index (Phi) is 8.64. The van der Waals surface area contributed by atoms with E-state index in [9.17, 15) is 10.1 Å². The first-order valence-electron chi connectivity index (χ1n) is 14.6. The molecule has 0 bridgehead atoms. The summed E-state index contributed by atoms with van der Waals surface area (Å²) in [5, 5.41) is 10.1. The highest BCUT2D eigenvalue weighted by molar-refractivity contribution is 5.91. The quantitative estimate of drug-likeness (QED) is 0.166. The van der Waals surface area contributed by atoms with Gasteiger partial charge in [-0.05, 0) is 66.3 Å². The molecule has 0 spiro atoms. The number of hydrogen-bond acceptors (Lipinski definition) is 7. The third-order valence-electron chi connectivity index (χ3n) is 7.50. The van der Waals surface area contributed by atoms with Crippen LogP contribution in [-0.4, -0.2) is 12.6 Å². The van der Waals surface area contributed by atoms with Gasteiger partial charge in [0.2, 0.25) is 5.88 Å². The van der Waals surface area contributed by atoms with Crippen molar-refractivity contribution in [1.29, 1.82) is 5.26 Å². The van der Waals surface area contributed by atoms with Gasteiger partial charge in [-0.25, -0.2) is 4.79 Å². The predicted octanol–water partition coefficient (Wildman–Crippen LogP) is 7.71. The second kappa shape index (κ2) is 12.6. The predicted molar refractivity (Wildman–Crippen MR) is 169 cm³/mol. The van der Waals surface area contributed by atoms with Crippen molar-refractivity contribution in [3.63, 3.8) is 0 Å². The lowest BCUT2D eigenvalue weighted by Gasteiger charge is -2.27. The molecule has 7 heteroatoms. The SMILES string of the molecule is CCOc1cc(C2C(C#N)=C(N)Oc3cc(OC(=O)c4ccc(C(C)(C)C)cc4)ccc32)ccc1OCc1ccc(C)cc1. The van der Waals surface area contributed by atoms with Gasteiger partial charge in [-0.3, -0.25) is 0 Å². The number of allylic oxidation sites excluding steroid dienone is 1. The Bertz CT molecular complexity index is 1740. The molecule has 1 unspecified atom stereocenters. The fraction of sp³-hybridized carbons (Fsp3) is 0.243.